The van der Waals surface area contributed by atoms with E-state index in [-0.39, 0.29) is 36.8 Å². The SMILES string of the molecule is CCCCCC(CCCCC)CCOC(=O)CCCCCCCC(CCCCCCCC(=O)OCCC(CCCCC)CCCCC)NC(=O)OCCOC1CCN(C)CC1. The Morgan fingerprint density at radius 1 is 0.475 bits per heavy atom. The number of esters is 2. The highest BCUT2D eigenvalue weighted by Crippen LogP contribution is 2.23. The Labute approximate surface area is 377 Å². The Hall–Kier alpha value is -1.87. The summed E-state index contributed by atoms with van der Waals surface area (Å²) < 4.78 is 22.8. The molecule has 0 bridgehead atoms. The molecule has 9 heteroatoms. The van der Waals surface area contributed by atoms with Gasteiger partial charge in [-0.25, -0.2) is 4.79 Å². The van der Waals surface area contributed by atoms with Crippen molar-refractivity contribution < 1.29 is 33.3 Å². The van der Waals surface area contributed by atoms with Gasteiger partial charge in [-0.3, -0.25) is 9.59 Å². The zero-order valence-corrected chi connectivity index (χ0v) is 40.9. The molecule has 0 aliphatic carbocycles. The lowest BCUT2D eigenvalue weighted by Crippen LogP contribution is -2.37. The number of rotatable bonds is 43. The summed E-state index contributed by atoms with van der Waals surface area (Å²) in [5.41, 5.74) is 0. The van der Waals surface area contributed by atoms with Gasteiger partial charge in [0.2, 0.25) is 0 Å². The summed E-state index contributed by atoms with van der Waals surface area (Å²) >= 11 is 0. The number of hydrogen-bond acceptors (Lipinski definition) is 8. The van der Waals surface area contributed by atoms with Gasteiger partial charge in [0.05, 0.1) is 25.9 Å². The van der Waals surface area contributed by atoms with Gasteiger partial charge in [-0.15, -0.1) is 0 Å². The third-order valence-corrected chi connectivity index (χ3v) is 13.0. The van der Waals surface area contributed by atoms with E-state index in [9.17, 15) is 14.4 Å². The maximum absolute atomic E-state index is 12.8. The molecule has 1 heterocycles. The molecule has 61 heavy (non-hydrogen) atoms. The number of nitrogens with zero attached hydrogens (tertiary/aromatic N) is 1. The second-order valence-electron chi connectivity index (χ2n) is 18.7. The van der Waals surface area contributed by atoms with Crippen molar-refractivity contribution in [2.75, 3.05) is 46.6 Å². The fourth-order valence-corrected chi connectivity index (χ4v) is 8.80. The maximum Gasteiger partial charge on any atom is 0.407 e. The van der Waals surface area contributed by atoms with Gasteiger partial charge in [0, 0.05) is 32.0 Å². The normalized spacial score (nSPS) is 13.7. The largest absolute Gasteiger partial charge is 0.466 e. The quantitative estimate of drug-likeness (QED) is 0.0367. The van der Waals surface area contributed by atoms with Crippen LogP contribution < -0.4 is 5.32 Å². The van der Waals surface area contributed by atoms with E-state index in [0.717, 1.165) is 116 Å². The van der Waals surface area contributed by atoms with Crippen molar-refractivity contribution in [1.29, 1.82) is 0 Å². The first-order valence-corrected chi connectivity index (χ1v) is 26.4. The molecule has 0 radical (unpaired) electrons. The molecule has 0 atom stereocenters. The summed E-state index contributed by atoms with van der Waals surface area (Å²) in [6.07, 6.45) is 37.4. The summed E-state index contributed by atoms with van der Waals surface area (Å²) in [6, 6.07) is 0.0767. The highest BCUT2D eigenvalue weighted by atomic mass is 16.6. The van der Waals surface area contributed by atoms with Gasteiger partial charge in [-0.2, -0.15) is 0 Å². The average molecular weight is 865 g/mol. The molecule has 360 valence electrons. The maximum atomic E-state index is 12.8. The average Bonchev–Trinajstić information content (AvgIpc) is 3.25. The number of likely N-dealkylation sites (tertiary alicyclic amines) is 1. The monoisotopic (exact) mass is 865 g/mol. The van der Waals surface area contributed by atoms with Crippen LogP contribution in [0, 0.1) is 11.8 Å². The third-order valence-electron chi connectivity index (χ3n) is 13.0. The van der Waals surface area contributed by atoms with Crippen molar-refractivity contribution in [2.45, 2.75) is 258 Å². The standard InChI is InChI=1S/C52H100N2O7/c1-6-10-20-28-46(29-21-11-7-2)38-42-59-50(55)34-26-18-14-16-24-32-48(53-52(57)61-45-44-58-49-36-40-54(5)41-37-49)33-25-17-15-19-27-35-51(56)60-43-39-47(30-22-12-8-3)31-23-13-9-4/h46-49H,6-45H2,1-5H3,(H,53,57). The number of hydrogen-bond donors (Lipinski definition) is 1. The molecule has 1 fully saturated rings. The smallest absolute Gasteiger partial charge is 0.407 e. The molecule has 1 rings (SSSR count). The van der Waals surface area contributed by atoms with Crippen LogP contribution in [-0.2, 0) is 28.5 Å². The van der Waals surface area contributed by atoms with Crippen LogP contribution in [0.25, 0.3) is 0 Å². The van der Waals surface area contributed by atoms with E-state index in [2.05, 4.69) is 45.0 Å². The Morgan fingerprint density at radius 2 is 0.869 bits per heavy atom. The predicted molar refractivity (Wildman–Crippen MR) is 254 cm³/mol. The molecule has 0 aromatic heterocycles. The van der Waals surface area contributed by atoms with E-state index in [0.29, 0.717) is 44.5 Å². The van der Waals surface area contributed by atoms with Crippen LogP contribution in [0.5, 0.6) is 0 Å². The zero-order chi connectivity index (χ0) is 44.4. The van der Waals surface area contributed by atoms with Crippen LogP contribution in [0.15, 0.2) is 0 Å². The number of carbonyl (C=O) groups excluding carboxylic acids is 3. The van der Waals surface area contributed by atoms with Gasteiger partial charge >= 0.3 is 18.0 Å². The summed E-state index contributed by atoms with van der Waals surface area (Å²) in [7, 11) is 2.14. The molecule has 0 aromatic rings. The van der Waals surface area contributed by atoms with Crippen molar-refractivity contribution >= 4 is 18.0 Å². The van der Waals surface area contributed by atoms with E-state index in [1.807, 2.05) is 0 Å². The number of ether oxygens (including phenoxy) is 4. The van der Waals surface area contributed by atoms with Crippen LogP contribution in [-0.4, -0.2) is 81.6 Å². The first kappa shape index (κ1) is 57.1. The number of carbonyl (C=O) groups is 3. The Balaban J connectivity index is 2.35. The van der Waals surface area contributed by atoms with Crippen LogP contribution in [0.3, 0.4) is 0 Å². The molecule has 9 nitrogen and oxygen atoms in total. The second kappa shape index (κ2) is 42.1. The van der Waals surface area contributed by atoms with E-state index in [1.54, 1.807) is 0 Å². The molecule has 1 aliphatic rings. The molecule has 1 saturated heterocycles. The number of amides is 1. The molecule has 0 aromatic carbocycles. The van der Waals surface area contributed by atoms with Crippen LogP contribution in [0.1, 0.15) is 246 Å². The van der Waals surface area contributed by atoms with Gasteiger partial charge < -0.3 is 29.2 Å². The number of nitrogens with one attached hydrogen (secondary N) is 1. The van der Waals surface area contributed by atoms with Crippen molar-refractivity contribution in [1.82, 2.24) is 10.2 Å². The summed E-state index contributed by atoms with van der Waals surface area (Å²) in [5.74, 6) is 1.28. The van der Waals surface area contributed by atoms with E-state index >= 15 is 0 Å². The second-order valence-corrected chi connectivity index (χ2v) is 18.7. The summed E-state index contributed by atoms with van der Waals surface area (Å²) in [6.45, 7) is 13.0. The highest BCUT2D eigenvalue weighted by Gasteiger charge is 2.18. The molecule has 0 saturated carbocycles. The lowest BCUT2D eigenvalue weighted by Gasteiger charge is -2.28. The minimum atomic E-state index is -0.351. The van der Waals surface area contributed by atoms with Crippen molar-refractivity contribution in [3.05, 3.63) is 0 Å². The fraction of sp³-hybridized carbons (Fsp3) is 0.942. The highest BCUT2D eigenvalue weighted by molar-refractivity contribution is 5.69. The first-order valence-electron chi connectivity index (χ1n) is 26.4. The Bertz CT molecular complexity index is 928. The van der Waals surface area contributed by atoms with E-state index in [4.69, 9.17) is 18.9 Å². The Kier molecular flexibility index (Phi) is 39.4. The van der Waals surface area contributed by atoms with Crippen LogP contribution >= 0.6 is 0 Å². The third kappa shape index (κ3) is 36.2. The van der Waals surface area contributed by atoms with E-state index in [1.165, 1.54) is 103 Å². The first-order chi connectivity index (χ1) is 29.8. The number of piperidine rings is 1. The number of unbranched alkanes of at least 4 members (excludes halogenated alkanes) is 16. The van der Waals surface area contributed by atoms with Crippen molar-refractivity contribution in [2.24, 2.45) is 11.8 Å². The molecule has 1 N–H and O–H groups in total. The van der Waals surface area contributed by atoms with E-state index < -0.39 is 0 Å². The topological polar surface area (TPSA) is 103 Å². The molecule has 1 aliphatic heterocycles. The Morgan fingerprint density at radius 3 is 1.30 bits per heavy atom. The van der Waals surface area contributed by atoms with Gasteiger partial charge in [-0.05, 0) is 70.3 Å². The molecule has 1 amide bonds. The minimum absolute atomic E-state index is 0.0463. The molecule has 0 spiro atoms. The number of alkyl carbamates (subject to hydrolysis) is 1. The predicted octanol–water partition coefficient (Wildman–Crippen LogP) is 14.1. The lowest BCUT2D eigenvalue weighted by atomic mass is 9.92. The summed E-state index contributed by atoms with van der Waals surface area (Å²) in [5, 5.41) is 3.16. The summed E-state index contributed by atoms with van der Waals surface area (Å²) in [4.78, 5) is 40.0. The van der Waals surface area contributed by atoms with Crippen molar-refractivity contribution in [3.63, 3.8) is 0 Å². The van der Waals surface area contributed by atoms with Gasteiger partial charge in [0.1, 0.15) is 6.61 Å². The molecular formula is C52H100N2O7. The van der Waals surface area contributed by atoms with Gasteiger partial charge in [-0.1, -0.05) is 182 Å². The van der Waals surface area contributed by atoms with Gasteiger partial charge in [0.15, 0.2) is 0 Å². The lowest BCUT2D eigenvalue weighted by molar-refractivity contribution is -0.145. The fourth-order valence-electron chi connectivity index (χ4n) is 8.80. The van der Waals surface area contributed by atoms with Crippen LogP contribution in [0.4, 0.5) is 4.79 Å². The minimum Gasteiger partial charge on any atom is -0.466 e. The van der Waals surface area contributed by atoms with Crippen molar-refractivity contribution in [3.8, 4) is 0 Å². The zero-order valence-electron chi connectivity index (χ0n) is 40.9. The molecule has 0 unspecified atom stereocenters. The molecular weight excluding hydrogens is 765 g/mol. The van der Waals surface area contributed by atoms with Crippen LogP contribution in [0.2, 0.25) is 0 Å². The van der Waals surface area contributed by atoms with Gasteiger partial charge in [0.25, 0.3) is 0 Å².